The Morgan fingerprint density at radius 3 is 1.86 bits per heavy atom. The van der Waals surface area contributed by atoms with Crippen molar-refractivity contribution in [1.29, 1.82) is 0 Å². The minimum atomic E-state index is -0.780. The van der Waals surface area contributed by atoms with Crippen LogP contribution in [0.25, 0.3) is 10.8 Å². The third kappa shape index (κ3) is 6.44. The molecular weight excluding hydrogens is 655 g/mol. The molecule has 0 radical (unpaired) electrons. The van der Waals surface area contributed by atoms with Gasteiger partial charge in [0.1, 0.15) is 11.3 Å². The Hall–Kier alpha value is -4.33. The minimum absolute atomic E-state index is 0.180. The quantitative estimate of drug-likeness (QED) is 0.0844. The van der Waals surface area contributed by atoms with Gasteiger partial charge in [-0.3, -0.25) is 4.79 Å². The SMILES string of the molecule is O=C(NCCCOC(c1ccccc1)(c1ccccc1)c1ccccc1)c1cc2ccccc2c(Cc2ccccc2I)n1. The molecule has 0 fully saturated rings. The van der Waals surface area contributed by atoms with E-state index in [1.165, 1.54) is 9.13 Å². The molecule has 4 nitrogen and oxygen atoms in total. The van der Waals surface area contributed by atoms with E-state index in [1.54, 1.807) is 0 Å². The van der Waals surface area contributed by atoms with Crippen molar-refractivity contribution in [1.82, 2.24) is 10.3 Å². The topological polar surface area (TPSA) is 51.2 Å². The molecule has 0 saturated heterocycles. The number of nitrogens with zero attached hydrogens (tertiary/aromatic N) is 1. The van der Waals surface area contributed by atoms with Crippen molar-refractivity contribution in [3.63, 3.8) is 0 Å². The molecule has 0 bridgehead atoms. The summed E-state index contributed by atoms with van der Waals surface area (Å²) in [6, 6.07) is 49.3. The molecule has 218 valence electrons. The fourth-order valence-corrected chi connectivity index (χ4v) is 6.28. The van der Waals surface area contributed by atoms with Gasteiger partial charge < -0.3 is 10.1 Å². The summed E-state index contributed by atoms with van der Waals surface area (Å²) in [5, 5.41) is 5.16. The molecule has 44 heavy (non-hydrogen) atoms. The van der Waals surface area contributed by atoms with Crippen LogP contribution >= 0.6 is 22.6 Å². The van der Waals surface area contributed by atoms with E-state index < -0.39 is 5.60 Å². The van der Waals surface area contributed by atoms with Gasteiger partial charge >= 0.3 is 0 Å². The van der Waals surface area contributed by atoms with Crippen LogP contribution in [-0.4, -0.2) is 24.0 Å². The first-order valence-electron chi connectivity index (χ1n) is 14.9. The lowest BCUT2D eigenvalue weighted by Gasteiger charge is -2.36. The van der Waals surface area contributed by atoms with Crippen molar-refractivity contribution < 1.29 is 9.53 Å². The van der Waals surface area contributed by atoms with Gasteiger partial charge in [-0.05, 0) is 68.8 Å². The lowest BCUT2D eigenvalue weighted by atomic mass is 9.80. The van der Waals surface area contributed by atoms with E-state index in [0.717, 1.165) is 33.2 Å². The molecule has 6 aromatic rings. The molecule has 1 amide bonds. The third-order valence-electron chi connectivity index (χ3n) is 7.83. The van der Waals surface area contributed by atoms with E-state index in [9.17, 15) is 4.79 Å². The minimum Gasteiger partial charge on any atom is -0.361 e. The number of nitrogens with one attached hydrogen (secondary N) is 1. The number of amides is 1. The molecule has 0 aliphatic carbocycles. The van der Waals surface area contributed by atoms with Crippen LogP contribution in [0.15, 0.2) is 146 Å². The molecule has 0 spiro atoms. The van der Waals surface area contributed by atoms with Gasteiger partial charge in [-0.1, -0.05) is 133 Å². The highest BCUT2D eigenvalue weighted by molar-refractivity contribution is 14.1. The first kappa shape index (κ1) is 29.7. The Morgan fingerprint density at radius 1 is 0.705 bits per heavy atom. The summed E-state index contributed by atoms with van der Waals surface area (Å²) in [4.78, 5) is 18.2. The van der Waals surface area contributed by atoms with Gasteiger partial charge in [0.2, 0.25) is 0 Å². The zero-order valence-corrected chi connectivity index (χ0v) is 26.5. The van der Waals surface area contributed by atoms with Gasteiger partial charge in [0, 0.05) is 21.9 Å². The Bertz CT molecular complexity index is 1750. The maximum absolute atomic E-state index is 13.4. The van der Waals surface area contributed by atoms with Gasteiger partial charge in [-0.2, -0.15) is 0 Å². The average Bonchev–Trinajstić information content (AvgIpc) is 3.08. The molecule has 0 aliphatic rings. The summed E-state index contributed by atoms with van der Waals surface area (Å²) in [6.07, 6.45) is 1.30. The van der Waals surface area contributed by atoms with Crippen molar-refractivity contribution in [2.75, 3.05) is 13.2 Å². The van der Waals surface area contributed by atoms with Crippen LogP contribution in [0.1, 0.15) is 44.9 Å². The molecule has 0 aliphatic heterocycles. The van der Waals surface area contributed by atoms with Crippen LogP contribution in [0, 0.1) is 3.57 Å². The van der Waals surface area contributed by atoms with Crippen LogP contribution in [0.5, 0.6) is 0 Å². The Kier molecular flexibility index (Phi) is 9.44. The largest absolute Gasteiger partial charge is 0.361 e. The van der Waals surface area contributed by atoms with E-state index in [-0.39, 0.29) is 5.91 Å². The summed E-state index contributed by atoms with van der Waals surface area (Å²) in [5.41, 5.74) is 4.92. The molecule has 5 aromatic carbocycles. The van der Waals surface area contributed by atoms with E-state index in [4.69, 9.17) is 9.72 Å². The first-order valence-corrected chi connectivity index (χ1v) is 15.9. The maximum atomic E-state index is 13.4. The summed E-state index contributed by atoms with van der Waals surface area (Å²) < 4.78 is 8.05. The second-order valence-electron chi connectivity index (χ2n) is 10.7. The van der Waals surface area contributed by atoms with E-state index >= 15 is 0 Å². The Balaban J connectivity index is 1.19. The van der Waals surface area contributed by atoms with Crippen molar-refractivity contribution in [2.45, 2.75) is 18.4 Å². The second-order valence-corrected chi connectivity index (χ2v) is 11.8. The number of halogens is 1. The number of hydrogen-bond acceptors (Lipinski definition) is 3. The molecule has 1 heterocycles. The van der Waals surface area contributed by atoms with Crippen LogP contribution in [0.2, 0.25) is 0 Å². The number of aromatic nitrogens is 1. The smallest absolute Gasteiger partial charge is 0.269 e. The summed E-state index contributed by atoms with van der Waals surface area (Å²) in [6.45, 7) is 0.912. The monoisotopic (exact) mass is 688 g/mol. The summed E-state index contributed by atoms with van der Waals surface area (Å²) in [5.74, 6) is -0.180. The van der Waals surface area contributed by atoms with E-state index in [1.807, 2.05) is 91.0 Å². The molecule has 0 atom stereocenters. The van der Waals surface area contributed by atoms with Crippen molar-refractivity contribution in [3.05, 3.63) is 183 Å². The zero-order valence-electron chi connectivity index (χ0n) is 24.3. The molecule has 5 heteroatoms. The van der Waals surface area contributed by atoms with Gasteiger partial charge in [0.15, 0.2) is 0 Å². The van der Waals surface area contributed by atoms with E-state index in [2.05, 4.69) is 82.5 Å². The highest BCUT2D eigenvalue weighted by atomic mass is 127. The van der Waals surface area contributed by atoms with Gasteiger partial charge in [-0.15, -0.1) is 0 Å². The maximum Gasteiger partial charge on any atom is 0.269 e. The number of benzene rings is 5. The molecular formula is C39H33IN2O2. The van der Waals surface area contributed by atoms with Crippen LogP contribution in [0.4, 0.5) is 0 Å². The summed E-state index contributed by atoms with van der Waals surface area (Å²) in [7, 11) is 0. The number of rotatable bonds is 11. The fraction of sp³-hybridized carbons (Fsp3) is 0.128. The molecule has 0 saturated carbocycles. The van der Waals surface area contributed by atoms with Gasteiger partial charge in [0.05, 0.1) is 12.3 Å². The molecule has 6 rings (SSSR count). The number of ether oxygens (including phenoxy) is 1. The Labute approximate surface area is 272 Å². The molecule has 1 aromatic heterocycles. The normalized spacial score (nSPS) is 11.4. The molecule has 1 N–H and O–H groups in total. The highest BCUT2D eigenvalue weighted by Crippen LogP contribution is 2.40. The number of fused-ring (bicyclic) bond motifs is 1. The Morgan fingerprint density at radius 2 is 1.25 bits per heavy atom. The van der Waals surface area contributed by atoms with Gasteiger partial charge in [0.25, 0.3) is 5.91 Å². The lowest BCUT2D eigenvalue weighted by molar-refractivity contribution is 0.0117. The highest BCUT2D eigenvalue weighted by Gasteiger charge is 2.37. The van der Waals surface area contributed by atoms with Gasteiger partial charge in [-0.25, -0.2) is 4.98 Å². The van der Waals surface area contributed by atoms with Crippen molar-refractivity contribution in [2.24, 2.45) is 0 Å². The van der Waals surface area contributed by atoms with Crippen molar-refractivity contribution >= 4 is 39.3 Å². The third-order valence-corrected chi connectivity index (χ3v) is 8.89. The van der Waals surface area contributed by atoms with Crippen LogP contribution < -0.4 is 5.32 Å². The summed E-state index contributed by atoms with van der Waals surface area (Å²) >= 11 is 2.36. The number of pyridine rings is 1. The van der Waals surface area contributed by atoms with Crippen molar-refractivity contribution in [3.8, 4) is 0 Å². The number of hydrogen-bond donors (Lipinski definition) is 1. The number of carbonyl (C=O) groups excluding carboxylic acids is 1. The van der Waals surface area contributed by atoms with Crippen LogP contribution in [0.3, 0.4) is 0 Å². The predicted molar refractivity (Wildman–Crippen MR) is 186 cm³/mol. The second kappa shape index (κ2) is 14.0. The first-order chi connectivity index (χ1) is 21.6. The standard InChI is InChI=1S/C39H33IN2O2/c40-35-24-13-11-16-30(35)28-36-34-23-12-10-15-29(34)27-37(42-36)38(43)41-25-14-26-44-39(31-17-4-1-5-18-31,32-19-6-2-7-20-32)33-21-8-3-9-22-33/h1-13,15-24,27H,14,25-26,28H2,(H,41,43). The zero-order chi connectivity index (χ0) is 30.2. The van der Waals surface area contributed by atoms with Crippen LogP contribution in [-0.2, 0) is 16.8 Å². The average molecular weight is 689 g/mol. The fourth-order valence-electron chi connectivity index (χ4n) is 5.70. The number of carbonyl (C=O) groups is 1. The predicted octanol–water partition coefficient (Wildman–Crippen LogP) is 8.56. The van der Waals surface area contributed by atoms with E-state index in [0.29, 0.717) is 31.7 Å². The lowest BCUT2D eigenvalue weighted by Crippen LogP contribution is -2.34. The molecule has 0 unspecified atom stereocenters.